The standard InChI is InChI=1S/C13H28N2O2/c1-2-3-4-5-10-17-12-13(16)11-15-8-6-14-7-9-15/h13-14,16H,2-12H2,1H3. The van der Waals surface area contributed by atoms with Gasteiger partial charge < -0.3 is 15.2 Å². The molecule has 4 nitrogen and oxygen atoms in total. The van der Waals surface area contributed by atoms with Crippen molar-refractivity contribution in [2.75, 3.05) is 45.9 Å². The molecule has 0 spiro atoms. The van der Waals surface area contributed by atoms with Gasteiger partial charge in [-0.2, -0.15) is 0 Å². The van der Waals surface area contributed by atoms with Crippen molar-refractivity contribution in [1.82, 2.24) is 10.2 Å². The van der Waals surface area contributed by atoms with E-state index in [1.54, 1.807) is 0 Å². The van der Waals surface area contributed by atoms with Crippen LogP contribution in [-0.4, -0.2) is 62.0 Å². The van der Waals surface area contributed by atoms with Crippen molar-refractivity contribution in [2.45, 2.75) is 38.7 Å². The molecule has 0 saturated carbocycles. The predicted molar refractivity (Wildman–Crippen MR) is 70.3 cm³/mol. The molecular weight excluding hydrogens is 216 g/mol. The van der Waals surface area contributed by atoms with Crippen LogP contribution >= 0.6 is 0 Å². The molecule has 4 heteroatoms. The van der Waals surface area contributed by atoms with Gasteiger partial charge >= 0.3 is 0 Å². The number of aliphatic hydroxyl groups is 1. The first-order valence-electron chi connectivity index (χ1n) is 7.01. The van der Waals surface area contributed by atoms with Gasteiger partial charge in [0.15, 0.2) is 0 Å². The highest BCUT2D eigenvalue weighted by atomic mass is 16.5. The maximum atomic E-state index is 9.82. The predicted octanol–water partition coefficient (Wildman–Crippen LogP) is 0.849. The number of nitrogens with zero attached hydrogens (tertiary/aromatic N) is 1. The Kier molecular flexibility index (Phi) is 8.61. The van der Waals surface area contributed by atoms with Crippen LogP contribution in [0.1, 0.15) is 32.6 Å². The fraction of sp³-hybridized carbons (Fsp3) is 1.00. The summed E-state index contributed by atoms with van der Waals surface area (Å²) in [6.07, 6.45) is 4.57. The minimum absolute atomic E-state index is 0.334. The number of hydrogen-bond acceptors (Lipinski definition) is 4. The van der Waals surface area contributed by atoms with Crippen LogP contribution in [0.25, 0.3) is 0 Å². The Morgan fingerprint density at radius 1 is 1.24 bits per heavy atom. The summed E-state index contributed by atoms with van der Waals surface area (Å²) in [5, 5.41) is 13.1. The Morgan fingerprint density at radius 2 is 2.00 bits per heavy atom. The lowest BCUT2D eigenvalue weighted by molar-refractivity contribution is 0.0137. The molecule has 0 radical (unpaired) electrons. The Labute approximate surface area is 105 Å². The Morgan fingerprint density at radius 3 is 2.71 bits per heavy atom. The minimum atomic E-state index is -0.334. The maximum absolute atomic E-state index is 9.82. The molecule has 2 N–H and O–H groups in total. The maximum Gasteiger partial charge on any atom is 0.0900 e. The summed E-state index contributed by atoms with van der Waals surface area (Å²) in [4.78, 5) is 2.29. The van der Waals surface area contributed by atoms with Gasteiger partial charge in [-0.25, -0.2) is 0 Å². The molecule has 0 bridgehead atoms. The van der Waals surface area contributed by atoms with Gasteiger partial charge in [0, 0.05) is 39.3 Å². The van der Waals surface area contributed by atoms with E-state index in [1.165, 1.54) is 19.3 Å². The second-order valence-corrected chi connectivity index (χ2v) is 4.84. The molecular formula is C13H28N2O2. The molecule has 0 aromatic rings. The molecule has 0 aromatic heterocycles. The number of rotatable bonds is 9. The van der Waals surface area contributed by atoms with Crippen molar-refractivity contribution >= 4 is 0 Å². The first-order valence-corrected chi connectivity index (χ1v) is 7.01. The first-order chi connectivity index (χ1) is 8.33. The SMILES string of the molecule is CCCCCCOCC(O)CN1CCNCC1. The smallest absolute Gasteiger partial charge is 0.0900 e. The zero-order valence-electron chi connectivity index (χ0n) is 11.2. The van der Waals surface area contributed by atoms with E-state index < -0.39 is 0 Å². The van der Waals surface area contributed by atoms with Crippen LogP contribution in [0.3, 0.4) is 0 Å². The summed E-state index contributed by atoms with van der Waals surface area (Å²) in [5.41, 5.74) is 0. The molecule has 1 rings (SSSR count). The summed E-state index contributed by atoms with van der Waals surface area (Å²) in [6.45, 7) is 8.36. The molecule has 1 unspecified atom stereocenters. The molecule has 1 fully saturated rings. The third-order valence-electron chi connectivity index (χ3n) is 3.13. The van der Waals surface area contributed by atoms with Crippen LogP contribution < -0.4 is 5.32 Å². The van der Waals surface area contributed by atoms with E-state index in [1.807, 2.05) is 0 Å². The normalized spacial score (nSPS) is 19.4. The van der Waals surface area contributed by atoms with Gasteiger partial charge in [0.1, 0.15) is 0 Å². The Bertz CT molecular complexity index is 173. The summed E-state index contributed by atoms with van der Waals surface area (Å²) in [5.74, 6) is 0. The number of aliphatic hydroxyl groups excluding tert-OH is 1. The van der Waals surface area contributed by atoms with Gasteiger partial charge in [-0.3, -0.25) is 4.90 Å². The van der Waals surface area contributed by atoms with Crippen LogP contribution in [0.2, 0.25) is 0 Å². The number of piperazine rings is 1. The van der Waals surface area contributed by atoms with Gasteiger partial charge in [-0.1, -0.05) is 26.2 Å². The van der Waals surface area contributed by atoms with Crippen LogP contribution in [0.5, 0.6) is 0 Å². The van der Waals surface area contributed by atoms with Crippen LogP contribution in [0, 0.1) is 0 Å². The van der Waals surface area contributed by atoms with E-state index in [2.05, 4.69) is 17.1 Å². The van der Waals surface area contributed by atoms with Gasteiger partial charge in [0.05, 0.1) is 12.7 Å². The largest absolute Gasteiger partial charge is 0.389 e. The number of unbranched alkanes of at least 4 members (excludes halogenated alkanes) is 3. The van der Waals surface area contributed by atoms with E-state index in [4.69, 9.17) is 4.74 Å². The summed E-state index contributed by atoms with van der Waals surface area (Å²) < 4.78 is 5.49. The average molecular weight is 244 g/mol. The number of ether oxygens (including phenoxy) is 1. The third kappa shape index (κ3) is 7.71. The molecule has 1 saturated heterocycles. The highest BCUT2D eigenvalue weighted by molar-refractivity contribution is 4.70. The zero-order chi connectivity index (χ0) is 12.3. The molecule has 102 valence electrons. The molecule has 1 aliphatic rings. The van der Waals surface area contributed by atoms with E-state index in [0.717, 1.165) is 45.8 Å². The highest BCUT2D eigenvalue weighted by Gasteiger charge is 2.13. The van der Waals surface area contributed by atoms with Gasteiger partial charge in [0.2, 0.25) is 0 Å². The third-order valence-corrected chi connectivity index (χ3v) is 3.13. The van der Waals surface area contributed by atoms with Gasteiger partial charge in [-0.15, -0.1) is 0 Å². The van der Waals surface area contributed by atoms with E-state index in [0.29, 0.717) is 6.61 Å². The summed E-state index contributed by atoms with van der Waals surface area (Å²) in [7, 11) is 0. The van der Waals surface area contributed by atoms with Crippen LogP contribution in [0.4, 0.5) is 0 Å². The quantitative estimate of drug-likeness (QED) is 0.590. The monoisotopic (exact) mass is 244 g/mol. The molecule has 1 atom stereocenters. The Hall–Kier alpha value is -0.160. The molecule has 1 aliphatic heterocycles. The van der Waals surface area contributed by atoms with Crippen molar-refractivity contribution in [3.8, 4) is 0 Å². The van der Waals surface area contributed by atoms with E-state index in [9.17, 15) is 5.11 Å². The van der Waals surface area contributed by atoms with Crippen molar-refractivity contribution < 1.29 is 9.84 Å². The first kappa shape index (κ1) is 14.9. The average Bonchev–Trinajstić information content (AvgIpc) is 2.35. The summed E-state index contributed by atoms with van der Waals surface area (Å²) >= 11 is 0. The van der Waals surface area contributed by atoms with Gasteiger partial charge in [-0.05, 0) is 6.42 Å². The lowest BCUT2D eigenvalue weighted by Gasteiger charge is -2.28. The van der Waals surface area contributed by atoms with Crippen molar-refractivity contribution in [2.24, 2.45) is 0 Å². The van der Waals surface area contributed by atoms with E-state index in [-0.39, 0.29) is 6.10 Å². The summed E-state index contributed by atoms with van der Waals surface area (Å²) in [6, 6.07) is 0. The van der Waals surface area contributed by atoms with E-state index >= 15 is 0 Å². The molecule has 1 heterocycles. The second kappa shape index (κ2) is 9.83. The lowest BCUT2D eigenvalue weighted by atomic mass is 10.2. The van der Waals surface area contributed by atoms with Crippen LogP contribution in [-0.2, 0) is 4.74 Å². The molecule has 0 aliphatic carbocycles. The fourth-order valence-corrected chi connectivity index (χ4v) is 2.09. The zero-order valence-corrected chi connectivity index (χ0v) is 11.2. The highest BCUT2D eigenvalue weighted by Crippen LogP contribution is 2.00. The number of nitrogens with one attached hydrogen (secondary N) is 1. The topological polar surface area (TPSA) is 44.7 Å². The van der Waals surface area contributed by atoms with Crippen molar-refractivity contribution in [3.05, 3.63) is 0 Å². The number of β-amino-alcohol motifs (C(OH)–C–C–N with tert-alkyl or cyclic N) is 1. The van der Waals surface area contributed by atoms with Crippen molar-refractivity contribution in [3.63, 3.8) is 0 Å². The lowest BCUT2D eigenvalue weighted by Crippen LogP contribution is -2.47. The van der Waals surface area contributed by atoms with Crippen LogP contribution in [0.15, 0.2) is 0 Å². The number of hydrogen-bond donors (Lipinski definition) is 2. The molecule has 17 heavy (non-hydrogen) atoms. The fourth-order valence-electron chi connectivity index (χ4n) is 2.09. The van der Waals surface area contributed by atoms with Gasteiger partial charge in [0.25, 0.3) is 0 Å². The Balaban J connectivity index is 1.91. The minimum Gasteiger partial charge on any atom is -0.389 e. The molecule has 0 aromatic carbocycles. The molecule has 0 amide bonds. The van der Waals surface area contributed by atoms with Crippen molar-refractivity contribution in [1.29, 1.82) is 0 Å². The second-order valence-electron chi connectivity index (χ2n) is 4.84.